The molecule has 6 heteroatoms. The summed E-state index contributed by atoms with van der Waals surface area (Å²) in [6, 6.07) is 16.8. The molecule has 0 saturated heterocycles. The van der Waals surface area contributed by atoms with E-state index in [2.05, 4.69) is 46.0 Å². The fourth-order valence-corrected chi connectivity index (χ4v) is 4.77. The molecule has 0 amide bonds. The van der Waals surface area contributed by atoms with Gasteiger partial charge in [0.2, 0.25) is 0 Å². The molecule has 0 atom stereocenters. The van der Waals surface area contributed by atoms with Crippen molar-refractivity contribution in [2.24, 2.45) is 0 Å². The van der Waals surface area contributed by atoms with Crippen LogP contribution in [0.1, 0.15) is 39.7 Å². The maximum Gasteiger partial charge on any atom is 0.335 e. The van der Waals surface area contributed by atoms with E-state index in [1.54, 1.807) is 18.2 Å². The molecular formula is C25H25BrN2O3. The molecule has 0 aliphatic carbocycles. The summed E-state index contributed by atoms with van der Waals surface area (Å²) in [6.07, 6.45) is 2.66. The summed E-state index contributed by atoms with van der Waals surface area (Å²) in [7, 11) is 0. The fraction of sp³-hybridized carbons (Fsp3) is 0.280. The van der Waals surface area contributed by atoms with E-state index in [1.165, 1.54) is 16.8 Å². The number of anilines is 1. The Balaban J connectivity index is 1.60. The summed E-state index contributed by atoms with van der Waals surface area (Å²) in [5, 5.41) is 9.07. The molecule has 2 heterocycles. The van der Waals surface area contributed by atoms with Crippen LogP contribution in [0.5, 0.6) is 0 Å². The van der Waals surface area contributed by atoms with E-state index in [0.29, 0.717) is 19.5 Å². The molecule has 0 unspecified atom stereocenters. The van der Waals surface area contributed by atoms with Crippen LogP contribution in [0.2, 0.25) is 0 Å². The summed E-state index contributed by atoms with van der Waals surface area (Å²) in [6.45, 7) is 4.32. The van der Waals surface area contributed by atoms with Crippen LogP contribution >= 0.6 is 15.9 Å². The molecule has 2 aromatic carbocycles. The van der Waals surface area contributed by atoms with Gasteiger partial charge >= 0.3 is 5.97 Å². The number of aryl methyl sites for hydroxylation is 2. The van der Waals surface area contributed by atoms with E-state index in [9.17, 15) is 9.59 Å². The summed E-state index contributed by atoms with van der Waals surface area (Å²) in [5.74, 6) is -0.936. The number of halogens is 1. The van der Waals surface area contributed by atoms with Crippen molar-refractivity contribution < 1.29 is 9.90 Å². The minimum atomic E-state index is -0.936. The van der Waals surface area contributed by atoms with Gasteiger partial charge in [-0.3, -0.25) is 4.79 Å². The lowest BCUT2D eigenvalue weighted by Crippen LogP contribution is -2.29. The van der Waals surface area contributed by atoms with Crippen LogP contribution in [-0.2, 0) is 32.4 Å². The zero-order valence-electron chi connectivity index (χ0n) is 17.5. The van der Waals surface area contributed by atoms with Gasteiger partial charge in [0, 0.05) is 29.3 Å². The number of benzene rings is 2. The van der Waals surface area contributed by atoms with Crippen LogP contribution in [0.25, 0.3) is 0 Å². The molecular weight excluding hydrogens is 456 g/mol. The number of aromatic nitrogens is 1. The quantitative estimate of drug-likeness (QED) is 0.533. The van der Waals surface area contributed by atoms with E-state index in [1.807, 2.05) is 22.8 Å². The number of aromatic carboxylic acids is 1. The van der Waals surface area contributed by atoms with Crippen molar-refractivity contribution in [2.75, 3.05) is 11.4 Å². The Kier molecular flexibility index (Phi) is 6.28. The Morgan fingerprint density at radius 3 is 2.58 bits per heavy atom. The monoisotopic (exact) mass is 480 g/mol. The molecule has 5 nitrogen and oxygen atoms in total. The lowest BCUT2D eigenvalue weighted by molar-refractivity contribution is 0.0697. The summed E-state index contributed by atoms with van der Waals surface area (Å²) < 4.78 is 2.76. The van der Waals surface area contributed by atoms with Gasteiger partial charge in [-0.25, -0.2) is 4.79 Å². The number of nitrogens with zero attached hydrogens (tertiary/aromatic N) is 2. The Morgan fingerprint density at radius 1 is 1.10 bits per heavy atom. The topological polar surface area (TPSA) is 62.5 Å². The standard InChI is InChI=1S/C25H25BrN2O3/c1-2-18-4-3-5-19-13-14-27(24(18)19)16-22-21(26)10-11-23(29)28(22)15-12-17-6-8-20(9-7-17)25(30)31/h3-11H,2,12-16H2,1H3,(H,30,31). The smallest absolute Gasteiger partial charge is 0.335 e. The van der Waals surface area contributed by atoms with Gasteiger partial charge in [0.15, 0.2) is 0 Å². The third-order valence-corrected chi connectivity index (χ3v) is 6.68. The number of rotatable bonds is 7. The first-order chi connectivity index (χ1) is 15.0. The van der Waals surface area contributed by atoms with Crippen LogP contribution in [0.15, 0.2) is 63.9 Å². The van der Waals surface area contributed by atoms with Crippen molar-refractivity contribution in [2.45, 2.75) is 39.3 Å². The van der Waals surface area contributed by atoms with Crippen molar-refractivity contribution in [1.82, 2.24) is 4.57 Å². The maximum atomic E-state index is 12.7. The number of fused-ring (bicyclic) bond motifs is 1. The van der Waals surface area contributed by atoms with Crippen LogP contribution < -0.4 is 10.5 Å². The molecule has 31 heavy (non-hydrogen) atoms. The Hall–Kier alpha value is -2.86. The summed E-state index contributed by atoms with van der Waals surface area (Å²) >= 11 is 3.66. The predicted octanol–water partition coefficient (Wildman–Crippen LogP) is 4.68. The maximum absolute atomic E-state index is 12.7. The molecule has 0 fully saturated rings. The summed E-state index contributed by atoms with van der Waals surface area (Å²) in [5.41, 5.74) is 6.24. The highest BCUT2D eigenvalue weighted by Gasteiger charge is 2.23. The Labute approximate surface area is 190 Å². The van der Waals surface area contributed by atoms with Crippen LogP contribution in [0.3, 0.4) is 0 Å². The number of carboxylic acids is 1. The second-order valence-corrected chi connectivity index (χ2v) is 8.67. The van der Waals surface area contributed by atoms with Gasteiger partial charge in [-0.15, -0.1) is 0 Å². The highest BCUT2D eigenvalue weighted by Crippen LogP contribution is 2.34. The normalized spacial score (nSPS) is 12.8. The molecule has 1 aliphatic rings. The Bertz CT molecular complexity index is 1170. The molecule has 0 bridgehead atoms. The van der Waals surface area contributed by atoms with Gasteiger partial charge in [0.25, 0.3) is 5.56 Å². The first-order valence-corrected chi connectivity index (χ1v) is 11.3. The summed E-state index contributed by atoms with van der Waals surface area (Å²) in [4.78, 5) is 26.2. The third-order valence-electron chi connectivity index (χ3n) is 5.96. The van der Waals surface area contributed by atoms with Crippen LogP contribution in [-0.4, -0.2) is 22.2 Å². The van der Waals surface area contributed by atoms with E-state index < -0.39 is 5.97 Å². The molecule has 3 aromatic rings. The van der Waals surface area contributed by atoms with Crippen LogP contribution in [0, 0.1) is 0 Å². The number of hydrogen-bond donors (Lipinski definition) is 1. The number of hydrogen-bond acceptors (Lipinski definition) is 3. The van der Waals surface area contributed by atoms with Gasteiger partial charge in [0.05, 0.1) is 17.8 Å². The van der Waals surface area contributed by atoms with Gasteiger partial charge in [-0.05, 0) is 70.1 Å². The largest absolute Gasteiger partial charge is 0.478 e. The van der Waals surface area contributed by atoms with E-state index in [4.69, 9.17) is 5.11 Å². The lowest BCUT2D eigenvalue weighted by Gasteiger charge is -2.25. The zero-order chi connectivity index (χ0) is 22.0. The molecule has 1 aliphatic heterocycles. The van der Waals surface area contributed by atoms with Crippen molar-refractivity contribution in [3.63, 3.8) is 0 Å². The number of para-hydroxylation sites is 1. The highest BCUT2D eigenvalue weighted by atomic mass is 79.9. The predicted molar refractivity (Wildman–Crippen MR) is 126 cm³/mol. The van der Waals surface area contributed by atoms with Crippen molar-refractivity contribution in [1.29, 1.82) is 0 Å². The van der Waals surface area contributed by atoms with Gasteiger partial charge < -0.3 is 14.6 Å². The molecule has 0 radical (unpaired) electrons. The minimum Gasteiger partial charge on any atom is -0.478 e. The molecule has 160 valence electrons. The van der Waals surface area contributed by atoms with E-state index in [0.717, 1.165) is 35.1 Å². The molecule has 1 N–H and O–H groups in total. The second kappa shape index (κ2) is 9.10. The van der Waals surface area contributed by atoms with Crippen molar-refractivity contribution >= 4 is 27.6 Å². The average Bonchev–Trinajstić information content (AvgIpc) is 3.19. The first-order valence-electron chi connectivity index (χ1n) is 10.5. The van der Waals surface area contributed by atoms with E-state index >= 15 is 0 Å². The SMILES string of the molecule is CCc1cccc2c1N(Cc1c(Br)ccc(=O)n1CCc1ccc(C(=O)O)cc1)CC2. The van der Waals surface area contributed by atoms with Crippen molar-refractivity contribution in [3.05, 3.63) is 97.4 Å². The number of carboxylic acid groups (broad SMARTS) is 1. The number of carbonyl (C=O) groups is 1. The zero-order valence-corrected chi connectivity index (χ0v) is 19.1. The average molecular weight is 481 g/mol. The second-order valence-electron chi connectivity index (χ2n) is 7.82. The lowest BCUT2D eigenvalue weighted by atomic mass is 10.1. The fourth-order valence-electron chi connectivity index (χ4n) is 4.30. The van der Waals surface area contributed by atoms with Gasteiger partial charge in [-0.2, -0.15) is 0 Å². The third kappa shape index (κ3) is 4.44. The highest BCUT2D eigenvalue weighted by molar-refractivity contribution is 9.10. The molecule has 4 rings (SSSR count). The molecule has 1 aromatic heterocycles. The Morgan fingerprint density at radius 2 is 1.87 bits per heavy atom. The van der Waals surface area contributed by atoms with Crippen LogP contribution in [0.4, 0.5) is 5.69 Å². The van der Waals surface area contributed by atoms with Crippen molar-refractivity contribution in [3.8, 4) is 0 Å². The molecule has 0 saturated carbocycles. The number of pyridine rings is 1. The first kappa shape index (κ1) is 21.4. The van der Waals surface area contributed by atoms with E-state index in [-0.39, 0.29) is 11.1 Å². The van der Waals surface area contributed by atoms with Gasteiger partial charge in [-0.1, -0.05) is 37.3 Å². The molecule has 0 spiro atoms. The van der Waals surface area contributed by atoms with Gasteiger partial charge in [0.1, 0.15) is 0 Å². The minimum absolute atomic E-state index is 0.0245.